The van der Waals surface area contributed by atoms with Gasteiger partial charge >= 0.3 is 5.97 Å². The second-order valence-corrected chi connectivity index (χ2v) is 7.70. The molecule has 2 fully saturated rings. The van der Waals surface area contributed by atoms with Crippen molar-refractivity contribution in [3.8, 4) is 0 Å². The summed E-state index contributed by atoms with van der Waals surface area (Å²) in [7, 11) is 1.32. The van der Waals surface area contributed by atoms with Crippen molar-refractivity contribution in [1.82, 2.24) is 5.32 Å². The minimum Gasteiger partial charge on any atom is -0.465 e. The van der Waals surface area contributed by atoms with Crippen LogP contribution in [0.4, 0.5) is 0 Å². The Labute approximate surface area is 181 Å². The maximum Gasteiger partial charge on any atom is 0.337 e. The Balaban J connectivity index is 2.14. The van der Waals surface area contributed by atoms with Crippen LogP contribution in [-0.2, 0) is 23.9 Å². The lowest BCUT2D eigenvalue weighted by molar-refractivity contribution is -0.160. The van der Waals surface area contributed by atoms with Crippen LogP contribution in [0.15, 0.2) is 58.7 Å². The maximum atomic E-state index is 12.8. The molecule has 0 bridgehead atoms. The standard InChI is InChI=1S/C23H29NO7/c1-6-17(19(26)30-5)13-15(3)12-14(2)8-7-9-16(4)18(25)23(29)20-22(28,10-11-31-20)24-21(23)27/h6-9,12-13,20,28-29H,10-11H2,1-5H3,(H,24,27)/b8-7+,14-12+,15-13+,16-9+,17-6+/t20-,22-,23-/m0/s1. The molecule has 2 saturated heterocycles. The van der Waals surface area contributed by atoms with Crippen LogP contribution in [0.25, 0.3) is 0 Å². The highest BCUT2D eigenvalue weighted by Gasteiger charge is 2.68. The van der Waals surface area contributed by atoms with E-state index in [0.717, 1.165) is 11.1 Å². The molecule has 2 aliphatic rings. The van der Waals surface area contributed by atoms with Crippen molar-refractivity contribution >= 4 is 17.7 Å². The predicted octanol–water partition coefficient (Wildman–Crippen LogP) is 1.41. The smallest absolute Gasteiger partial charge is 0.337 e. The van der Waals surface area contributed by atoms with E-state index in [1.165, 1.54) is 20.1 Å². The molecule has 0 saturated carbocycles. The minimum absolute atomic E-state index is 0.101. The lowest BCUT2D eigenvalue weighted by Crippen LogP contribution is -2.55. The molecule has 2 aliphatic heterocycles. The summed E-state index contributed by atoms with van der Waals surface area (Å²) in [5.41, 5.74) is -1.97. The fourth-order valence-electron chi connectivity index (χ4n) is 3.62. The van der Waals surface area contributed by atoms with Gasteiger partial charge in [0, 0.05) is 6.42 Å². The Morgan fingerprint density at radius 3 is 2.48 bits per heavy atom. The van der Waals surface area contributed by atoms with Gasteiger partial charge in [0.05, 0.1) is 19.3 Å². The first-order valence-electron chi connectivity index (χ1n) is 9.89. The van der Waals surface area contributed by atoms with E-state index in [4.69, 9.17) is 9.47 Å². The largest absolute Gasteiger partial charge is 0.465 e. The van der Waals surface area contributed by atoms with E-state index in [-0.39, 0.29) is 18.6 Å². The maximum absolute atomic E-state index is 12.8. The average Bonchev–Trinajstić information content (AvgIpc) is 3.18. The molecular formula is C23H29NO7. The number of ether oxygens (including phenoxy) is 2. The number of fused-ring (bicyclic) bond motifs is 1. The number of aliphatic hydroxyl groups is 2. The van der Waals surface area contributed by atoms with Gasteiger partial charge in [-0.15, -0.1) is 0 Å². The zero-order valence-corrected chi connectivity index (χ0v) is 18.4. The third-order valence-electron chi connectivity index (χ3n) is 5.24. The number of allylic oxidation sites excluding steroid dienone is 7. The Bertz CT molecular complexity index is 924. The van der Waals surface area contributed by atoms with Gasteiger partial charge in [-0.1, -0.05) is 41.5 Å². The molecule has 0 spiro atoms. The lowest BCUT2D eigenvalue weighted by atomic mass is 9.86. The van der Waals surface area contributed by atoms with Crippen molar-refractivity contribution in [1.29, 1.82) is 0 Å². The molecule has 2 rings (SSSR count). The van der Waals surface area contributed by atoms with Crippen molar-refractivity contribution in [2.45, 2.75) is 51.5 Å². The molecular weight excluding hydrogens is 402 g/mol. The predicted molar refractivity (Wildman–Crippen MR) is 114 cm³/mol. The normalized spacial score (nSPS) is 29.9. The van der Waals surface area contributed by atoms with Gasteiger partial charge in [0.25, 0.3) is 5.91 Å². The molecule has 3 N–H and O–H groups in total. The van der Waals surface area contributed by atoms with Gasteiger partial charge in [0.2, 0.25) is 11.4 Å². The van der Waals surface area contributed by atoms with Gasteiger partial charge in [-0.3, -0.25) is 9.59 Å². The molecule has 168 valence electrons. The van der Waals surface area contributed by atoms with Gasteiger partial charge < -0.3 is 25.0 Å². The SMILES string of the molecule is C\C=C(/C=C(C)/C=C(C)/C=C/C=C(\C)C(=O)[C@@]1(O)C(=O)N[C@]2(O)CCO[C@H]12)C(=O)OC. The van der Waals surface area contributed by atoms with Crippen molar-refractivity contribution in [2.75, 3.05) is 13.7 Å². The summed E-state index contributed by atoms with van der Waals surface area (Å²) >= 11 is 0. The Kier molecular flexibility index (Phi) is 7.54. The second kappa shape index (κ2) is 9.55. The van der Waals surface area contributed by atoms with Crippen LogP contribution in [0.5, 0.6) is 0 Å². The number of rotatable bonds is 7. The number of carbonyl (C=O) groups excluding carboxylic acids is 3. The van der Waals surface area contributed by atoms with Crippen LogP contribution >= 0.6 is 0 Å². The van der Waals surface area contributed by atoms with Crippen molar-refractivity contribution in [3.05, 3.63) is 58.7 Å². The summed E-state index contributed by atoms with van der Waals surface area (Å²) in [4.78, 5) is 36.7. The summed E-state index contributed by atoms with van der Waals surface area (Å²) in [6.07, 6.45) is 8.78. The Morgan fingerprint density at radius 2 is 1.87 bits per heavy atom. The van der Waals surface area contributed by atoms with E-state index in [9.17, 15) is 24.6 Å². The first-order valence-corrected chi connectivity index (χ1v) is 9.89. The summed E-state index contributed by atoms with van der Waals surface area (Å²) in [5, 5.41) is 23.4. The summed E-state index contributed by atoms with van der Waals surface area (Å²) in [5.74, 6) is -2.22. The van der Waals surface area contributed by atoms with Crippen LogP contribution in [0, 0.1) is 0 Å². The third-order valence-corrected chi connectivity index (χ3v) is 5.24. The van der Waals surface area contributed by atoms with Crippen LogP contribution in [-0.4, -0.2) is 59.0 Å². The molecule has 31 heavy (non-hydrogen) atoms. The van der Waals surface area contributed by atoms with Crippen LogP contribution < -0.4 is 5.32 Å². The summed E-state index contributed by atoms with van der Waals surface area (Å²) < 4.78 is 10.0. The van der Waals surface area contributed by atoms with Gasteiger partial charge in [0.15, 0.2) is 11.8 Å². The molecule has 8 heteroatoms. The average molecular weight is 431 g/mol. The molecule has 1 amide bonds. The van der Waals surface area contributed by atoms with E-state index in [1.54, 1.807) is 31.2 Å². The number of hydrogen-bond donors (Lipinski definition) is 3. The van der Waals surface area contributed by atoms with Gasteiger partial charge in [0.1, 0.15) is 0 Å². The highest BCUT2D eigenvalue weighted by Crippen LogP contribution is 2.39. The quantitative estimate of drug-likeness (QED) is 0.241. The van der Waals surface area contributed by atoms with E-state index in [1.807, 2.05) is 19.9 Å². The summed E-state index contributed by atoms with van der Waals surface area (Å²) in [6, 6.07) is 0. The first kappa shape index (κ1) is 24.5. The van der Waals surface area contributed by atoms with E-state index >= 15 is 0 Å². The molecule has 3 atom stereocenters. The van der Waals surface area contributed by atoms with E-state index in [2.05, 4.69) is 5.32 Å². The molecule has 0 unspecified atom stereocenters. The topological polar surface area (TPSA) is 122 Å². The van der Waals surface area contributed by atoms with Crippen LogP contribution in [0.2, 0.25) is 0 Å². The number of methoxy groups -OCH3 is 1. The molecule has 0 aliphatic carbocycles. The van der Waals surface area contributed by atoms with Crippen LogP contribution in [0.1, 0.15) is 34.1 Å². The van der Waals surface area contributed by atoms with Gasteiger partial charge in [-0.05, 0) is 39.3 Å². The van der Waals surface area contributed by atoms with E-state index < -0.39 is 35.1 Å². The summed E-state index contributed by atoms with van der Waals surface area (Å²) in [6.45, 7) is 7.03. The number of esters is 1. The van der Waals surface area contributed by atoms with Gasteiger partial charge in [-0.25, -0.2) is 4.79 Å². The molecule has 8 nitrogen and oxygen atoms in total. The molecule has 2 heterocycles. The molecule has 0 aromatic heterocycles. The Morgan fingerprint density at radius 1 is 1.19 bits per heavy atom. The molecule has 0 aromatic carbocycles. The second-order valence-electron chi connectivity index (χ2n) is 7.70. The van der Waals surface area contributed by atoms with Crippen molar-refractivity contribution < 1.29 is 34.1 Å². The van der Waals surface area contributed by atoms with Crippen molar-refractivity contribution in [3.63, 3.8) is 0 Å². The zero-order valence-electron chi connectivity index (χ0n) is 18.4. The number of nitrogens with one attached hydrogen (secondary N) is 1. The van der Waals surface area contributed by atoms with Gasteiger partial charge in [-0.2, -0.15) is 0 Å². The third kappa shape index (κ3) is 4.92. The number of amides is 1. The Hall–Kier alpha value is -2.81. The molecule has 0 aromatic rings. The van der Waals surface area contributed by atoms with E-state index in [0.29, 0.717) is 5.57 Å². The lowest BCUT2D eigenvalue weighted by Gasteiger charge is -2.26. The first-order chi connectivity index (χ1) is 14.5. The highest BCUT2D eigenvalue weighted by molar-refractivity contribution is 6.18. The molecule has 0 radical (unpaired) electrons. The van der Waals surface area contributed by atoms with Crippen LogP contribution in [0.3, 0.4) is 0 Å². The fourth-order valence-corrected chi connectivity index (χ4v) is 3.62. The number of carbonyl (C=O) groups is 3. The number of hydrogen-bond acceptors (Lipinski definition) is 7. The number of Topliss-reactive ketones (excluding diaryl/α,β-unsaturated/α-hetero) is 1. The zero-order chi connectivity index (χ0) is 23.4. The minimum atomic E-state index is -2.47. The number of ketones is 1. The fraction of sp³-hybridized carbons (Fsp3) is 0.435. The highest BCUT2D eigenvalue weighted by atomic mass is 16.5. The monoisotopic (exact) mass is 431 g/mol. The van der Waals surface area contributed by atoms with Crippen molar-refractivity contribution in [2.24, 2.45) is 0 Å².